The highest BCUT2D eigenvalue weighted by molar-refractivity contribution is 9.10. The van der Waals surface area contributed by atoms with E-state index in [2.05, 4.69) is 31.4 Å². The summed E-state index contributed by atoms with van der Waals surface area (Å²) in [5, 5.41) is 14.3. The number of pyridine rings is 1. The van der Waals surface area contributed by atoms with Crippen molar-refractivity contribution in [1.82, 2.24) is 4.98 Å². The fourth-order valence-corrected chi connectivity index (χ4v) is 2.23. The van der Waals surface area contributed by atoms with E-state index in [1.165, 1.54) is 12.3 Å². The SMILES string of the molecule is NC(=NO)c1cc(CNc2c(F)cc(F)cc2Br)ccn1. The van der Waals surface area contributed by atoms with Crippen molar-refractivity contribution in [1.29, 1.82) is 0 Å². The molecule has 0 radical (unpaired) electrons. The maximum absolute atomic E-state index is 13.7. The summed E-state index contributed by atoms with van der Waals surface area (Å²) >= 11 is 3.09. The summed E-state index contributed by atoms with van der Waals surface area (Å²) in [6.07, 6.45) is 1.49. The van der Waals surface area contributed by atoms with Crippen molar-refractivity contribution in [3.8, 4) is 0 Å². The van der Waals surface area contributed by atoms with Gasteiger partial charge in [0.25, 0.3) is 0 Å². The van der Waals surface area contributed by atoms with E-state index in [-0.39, 0.29) is 22.5 Å². The van der Waals surface area contributed by atoms with Crippen LogP contribution in [-0.2, 0) is 6.54 Å². The van der Waals surface area contributed by atoms with E-state index in [4.69, 9.17) is 10.9 Å². The fourth-order valence-electron chi connectivity index (χ4n) is 1.68. The van der Waals surface area contributed by atoms with E-state index >= 15 is 0 Å². The van der Waals surface area contributed by atoms with Gasteiger partial charge in [0.1, 0.15) is 17.3 Å². The molecule has 0 atom stereocenters. The van der Waals surface area contributed by atoms with Crippen LogP contribution in [0.2, 0.25) is 0 Å². The molecule has 2 rings (SSSR count). The van der Waals surface area contributed by atoms with E-state index in [0.29, 0.717) is 5.69 Å². The monoisotopic (exact) mass is 356 g/mol. The lowest BCUT2D eigenvalue weighted by atomic mass is 10.2. The third-order valence-electron chi connectivity index (χ3n) is 2.67. The Morgan fingerprint density at radius 2 is 2.14 bits per heavy atom. The summed E-state index contributed by atoms with van der Waals surface area (Å²) in [6, 6.07) is 5.25. The molecule has 0 fully saturated rings. The summed E-state index contributed by atoms with van der Waals surface area (Å²) in [7, 11) is 0. The van der Waals surface area contributed by atoms with Crippen molar-refractivity contribution in [3.05, 3.63) is 57.8 Å². The van der Waals surface area contributed by atoms with Crippen LogP contribution in [0.25, 0.3) is 0 Å². The zero-order valence-corrected chi connectivity index (χ0v) is 12.2. The van der Waals surface area contributed by atoms with Gasteiger partial charge in [-0.05, 0) is 39.7 Å². The Kier molecular flexibility index (Phi) is 4.69. The number of amidine groups is 1. The average molecular weight is 357 g/mol. The first-order chi connectivity index (χ1) is 10.0. The Balaban J connectivity index is 2.17. The number of benzene rings is 1. The van der Waals surface area contributed by atoms with Crippen LogP contribution < -0.4 is 11.1 Å². The Labute approximate surface area is 127 Å². The van der Waals surface area contributed by atoms with Crippen LogP contribution in [-0.4, -0.2) is 16.0 Å². The summed E-state index contributed by atoms with van der Waals surface area (Å²) in [6.45, 7) is 0.259. The molecule has 5 nitrogen and oxygen atoms in total. The first-order valence-electron chi connectivity index (χ1n) is 5.82. The van der Waals surface area contributed by atoms with Gasteiger partial charge in [-0.25, -0.2) is 8.78 Å². The maximum Gasteiger partial charge on any atom is 0.188 e. The molecular weight excluding hydrogens is 346 g/mol. The lowest BCUT2D eigenvalue weighted by Gasteiger charge is -2.10. The minimum atomic E-state index is -0.701. The van der Waals surface area contributed by atoms with Gasteiger partial charge in [0.2, 0.25) is 0 Å². The third kappa shape index (κ3) is 3.66. The van der Waals surface area contributed by atoms with Crippen LogP contribution in [0.1, 0.15) is 11.3 Å². The highest BCUT2D eigenvalue weighted by atomic mass is 79.9. The van der Waals surface area contributed by atoms with E-state index in [0.717, 1.165) is 11.6 Å². The Morgan fingerprint density at radius 3 is 2.81 bits per heavy atom. The van der Waals surface area contributed by atoms with E-state index in [1.807, 2.05) is 0 Å². The van der Waals surface area contributed by atoms with Crippen molar-refractivity contribution in [2.75, 3.05) is 5.32 Å². The van der Waals surface area contributed by atoms with Gasteiger partial charge in [-0.2, -0.15) is 0 Å². The van der Waals surface area contributed by atoms with Gasteiger partial charge in [0.05, 0.1) is 5.69 Å². The summed E-state index contributed by atoms with van der Waals surface area (Å²) < 4.78 is 26.9. The number of nitrogens with two attached hydrogens (primary N) is 1. The average Bonchev–Trinajstić information content (AvgIpc) is 2.45. The van der Waals surface area contributed by atoms with Crippen LogP contribution in [0.4, 0.5) is 14.5 Å². The van der Waals surface area contributed by atoms with E-state index in [9.17, 15) is 8.78 Å². The summed E-state index contributed by atoms with van der Waals surface area (Å²) in [4.78, 5) is 3.94. The Morgan fingerprint density at radius 1 is 1.38 bits per heavy atom. The van der Waals surface area contributed by atoms with Gasteiger partial charge in [0, 0.05) is 23.3 Å². The standard InChI is InChI=1S/C13H11BrF2N4O/c14-9-4-8(15)5-10(16)12(9)19-6-7-1-2-18-11(3-7)13(17)20-21/h1-5,19,21H,6H2,(H2,17,20). The summed E-state index contributed by atoms with van der Waals surface area (Å²) in [5.41, 5.74) is 6.63. The Bertz CT molecular complexity index is 671. The molecule has 1 aromatic carbocycles. The van der Waals surface area contributed by atoms with Crippen molar-refractivity contribution < 1.29 is 14.0 Å². The van der Waals surface area contributed by atoms with Crippen LogP contribution in [0.3, 0.4) is 0 Å². The second-order valence-electron chi connectivity index (χ2n) is 4.13. The number of halogens is 3. The van der Waals surface area contributed by atoms with Crippen molar-refractivity contribution in [2.24, 2.45) is 10.9 Å². The molecule has 0 unspecified atom stereocenters. The minimum Gasteiger partial charge on any atom is -0.409 e. The van der Waals surface area contributed by atoms with Gasteiger partial charge in [-0.3, -0.25) is 4.98 Å². The van der Waals surface area contributed by atoms with Gasteiger partial charge < -0.3 is 16.3 Å². The van der Waals surface area contributed by atoms with Gasteiger partial charge in [0.15, 0.2) is 5.84 Å². The van der Waals surface area contributed by atoms with Gasteiger partial charge >= 0.3 is 0 Å². The lowest BCUT2D eigenvalue weighted by molar-refractivity contribution is 0.318. The molecule has 1 aromatic heterocycles. The number of hydrogen-bond acceptors (Lipinski definition) is 4. The number of hydrogen-bond donors (Lipinski definition) is 3. The highest BCUT2D eigenvalue weighted by Crippen LogP contribution is 2.27. The molecule has 21 heavy (non-hydrogen) atoms. The first-order valence-corrected chi connectivity index (χ1v) is 6.62. The molecule has 110 valence electrons. The lowest BCUT2D eigenvalue weighted by Crippen LogP contribution is -2.15. The van der Waals surface area contributed by atoms with Gasteiger partial charge in [-0.15, -0.1) is 0 Å². The predicted molar refractivity (Wildman–Crippen MR) is 78.1 cm³/mol. The number of aromatic nitrogens is 1. The van der Waals surface area contributed by atoms with Crippen molar-refractivity contribution in [2.45, 2.75) is 6.54 Å². The molecule has 8 heteroatoms. The molecule has 0 aliphatic rings. The molecular formula is C13H11BrF2N4O. The molecule has 1 heterocycles. The maximum atomic E-state index is 13.7. The van der Waals surface area contributed by atoms with Crippen LogP contribution in [0.15, 0.2) is 40.1 Å². The smallest absolute Gasteiger partial charge is 0.188 e. The zero-order valence-electron chi connectivity index (χ0n) is 10.6. The Hall–Kier alpha value is -2.22. The third-order valence-corrected chi connectivity index (χ3v) is 3.30. The number of nitrogens with one attached hydrogen (secondary N) is 1. The molecule has 4 N–H and O–H groups in total. The number of anilines is 1. The normalized spacial score (nSPS) is 11.5. The number of rotatable bonds is 4. The largest absolute Gasteiger partial charge is 0.409 e. The van der Waals surface area contributed by atoms with Crippen LogP contribution in [0.5, 0.6) is 0 Å². The molecule has 0 saturated carbocycles. The van der Waals surface area contributed by atoms with Crippen molar-refractivity contribution in [3.63, 3.8) is 0 Å². The topological polar surface area (TPSA) is 83.5 Å². The second kappa shape index (κ2) is 6.49. The van der Waals surface area contributed by atoms with E-state index in [1.54, 1.807) is 12.1 Å². The number of oxime groups is 1. The molecule has 0 spiro atoms. The quantitative estimate of drug-likeness (QED) is 0.340. The molecule has 0 amide bonds. The van der Waals surface area contributed by atoms with Crippen LogP contribution in [0, 0.1) is 11.6 Å². The van der Waals surface area contributed by atoms with Gasteiger partial charge in [-0.1, -0.05) is 5.16 Å². The fraction of sp³-hybridized carbons (Fsp3) is 0.0769. The predicted octanol–water partition coefficient (Wildman–Crippen LogP) is 2.83. The number of nitrogens with zero attached hydrogens (tertiary/aromatic N) is 2. The highest BCUT2D eigenvalue weighted by Gasteiger charge is 2.10. The first kappa shape index (κ1) is 15.2. The van der Waals surface area contributed by atoms with Crippen molar-refractivity contribution >= 4 is 27.5 Å². The molecule has 2 aromatic rings. The molecule has 0 saturated heterocycles. The zero-order chi connectivity index (χ0) is 15.4. The molecule has 0 bridgehead atoms. The minimum absolute atomic E-state index is 0.119. The molecule has 0 aliphatic heterocycles. The summed E-state index contributed by atoms with van der Waals surface area (Å²) in [5.74, 6) is -1.48. The van der Waals surface area contributed by atoms with Crippen LogP contribution >= 0.6 is 15.9 Å². The molecule has 0 aliphatic carbocycles. The van der Waals surface area contributed by atoms with E-state index < -0.39 is 11.6 Å². The second-order valence-corrected chi connectivity index (χ2v) is 4.99.